The van der Waals surface area contributed by atoms with Gasteiger partial charge in [-0.2, -0.15) is 0 Å². The fraction of sp³-hybridized carbons (Fsp3) is 1.00. The van der Waals surface area contributed by atoms with Crippen LogP contribution < -0.4 is 5.73 Å². The van der Waals surface area contributed by atoms with E-state index in [1.807, 2.05) is 0 Å². The van der Waals surface area contributed by atoms with Crippen LogP contribution in [0, 0.1) is 11.8 Å². The standard InChI is InChI=1S/C13H27N/c1-3-8-12-10-7-5-4-6-9-11(2)13(12)14/h11-13H,3-10,14H2,1-2H3. The molecule has 0 bridgehead atoms. The molecule has 2 N–H and O–H groups in total. The van der Waals surface area contributed by atoms with Gasteiger partial charge in [0, 0.05) is 6.04 Å². The molecule has 0 aromatic heterocycles. The van der Waals surface area contributed by atoms with Crippen LogP contribution in [0.2, 0.25) is 0 Å². The Bertz CT molecular complexity index is 144. The Morgan fingerprint density at radius 2 is 1.71 bits per heavy atom. The molecule has 1 fully saturated rings. The first-order valence-corrected chi connectivity index (χ1v) is 6.51. The maximum atomic E-state index is 6.35. The van der Waals surface area contributed by atoms with Crippen LogP contribution in [-0.4, -0.2) is 6.04 Å². The second kappa shape index (κ2) is 6.44. The van der Waals surface area contributed by atoms with Gasteiger partial charge in [0.25, 0.3) is 0 Å². The Balaban J connectivity index is 2.49. The van der Waals surface area contributed by atoms with Crippen LogP contribution in [0.1, 0.15) is 65.2 Å². The Labute approximate surface area is 89.5 Å². The first-order chi connectivity index (χ1) is 6.75. The van der Waals surface area contributed by atoms with Crippen molar-refractivity contribution in [3.8, 4) is 0 Å². The first kappa shape index (κ1) is 12.0. The van der Waals surface area contributed by atoms with Gasteiger partial charge in [-0.15, -0.1) is 0 Å². The van der Waals surface area contributed by atoms with Crippen molar-refractivity contribution in [2.45, 2.75) is 71.3 Å². The summed E-state index contributed by atoms with van der Waals surface area (Å²) in [6.45, 7) is 4.63. The molecule has 14 heavy (non-hydrogen) atoms. The first-order valence-electron chi connectivity index (χ1n) is 6.51. The molecule has 1 nitrogen and oxygen atoms in total. The number of hydrogen-bond acceptors (Lipinski definition) is 1. The van der Waals surface area contributed by atoms with Gasteiger partial charge in [-0.3, -0.25) is 0 Å². The molecule has 0 heterocycles. The topological polar surface area (TPSA) is 26.0 Å². The number of nitrogens with two attached hydrogens (primary N) is 1. The average molecular weight is 197 g/mol. The van der Waals surface area contributed by atoms with Crippen LogP contribution in [0.25, 0.3) is 0 Å². The highest BCUT2D eigenvalue weighted by atomic mass is 14.7. The van der Waals surface area contributed by atoms with E-state index in [1.165, 1.54) is 51.4 Å². The Morgan fingerprint density at radius 3 is 2.36 bits per heavy atom. The molecule has 1 saturated carbocycles. The highest BCUT2D eigenvalue weighted by Gasteiger charge is 2.23. The summed E-state index contributed by atoms with van der Waals surface area (Å²) in [6.07, 6.45) is 11.0. The monoisotopic (exact) mass is 197 g/mol. The summed E-state index contributed by atoms with van der Waals surface area (Å²) >= 11 is 0. The Hall–Kier alpha value is -0.0400. The normalized spacial score (nSPS) is 35.8. The van der Waals surface area contributed by atoms with Gasteiger partial charge in [0.1, 0.15) is 0 Å². The lowest BCUT2D eigenvalue weighted by Gasteiger charge is -2.27. The van der Waals surface area contributed by atoms with E-state index in [2.05, 4.69) is 13.8 Å². The number of hydrogen-bond donors (Lipinski definition) is 1. The van der Waals surface area contributed by atoms with Crippen LogP contribution in [0.4, 0.5) is 0 Å². The molecule has 3 atom stereocenters. The summed E-state index contributed by atoms with van der Waals surface area (Å²) in [5.41, 5.74) is 6.35. The fourth-order valence-corrected chi connectivity index (χ4v) is 2.78. The van der Waals surface area contributed by atoms with E-state index >= 15 is 0 Å². The zero-order valence-electron chi connectivity index (χ0n) is 9.97. The van der Waals surface area contributed by atoms with E-state index in [4.69, 9.17) is 5.73 Å². The fourth-order valence-electron chi connectivity index (χ4n) is 2.78. The van der Waals surface area contributed by atoms with Crippen molar-refractivity contribution in [2.24, 2.45) is 17.6 Å². The maximum Gasteiger partial charge on any atom is 0.00929 e. The summed E-state index contributed by atoms with van der Waals surface area (Å²) in [5, 5.41) is 0. The molecule has 1 rings (SSSR count). The van der Waals surface area contributed by atoms with Crippen molar-refractivity contribution in [1.82, 2.24) is 0 Å². The summed E-state index contributed by atoms with van der Waals surface area (Å²) in [7, 11) is 0. The van der Waals surface area contributed by atoms with E-state index in [0.717, 1.165) is 11.8 Å². The highest BCUT2D eigenvalue weighted by molar-refractivity contribution is 4.79. The van der Waals surface area contributed by atoms with Crippen molar-refractivity contribution in [2.75, 3.05) is 0 Å². The minimum Gasteiger partial charge on any atom is -0.327 e. The van der Waals surface area contributed by atoms with Gasteiger partial charge in [-0.25, -0.2) is 0 Å². The third kappa shape index (κ3) is 3.61. The molecule has 1 heteroatoms. The Kier molecular flexibility index (Phi) is 5.54. The van der Waals surface area contributed by atoms with Crippen LogP contribution in [0.5, 0.6) is 0 Å². The van der Waals surface area contributed by atoms with Crippen LogP contribution in [0.3, 0.4) is 0 Å². The van der Waals surface area contributed by atoms with Crippen molar-refractivity contribution in [1.29, 1.82) is 0 Å². The molecule has 0 radical (unpaired) electrons. The van der Waals surface area contributed by atoms with Gasteiger partial charge in [-0.05, 0) is 31.1 Å². The molecule has 0 amide bonds. The second-order valence-electron chi connectivity index (χ2n) is 5.09. The summed E-state index contributed by atoms with van der Waals surface area (Å²) in [5.74, 6) is 1.54. The second-order valence-corrected chi connectivity index (χ2v) is 5.09. The third-order valence-electron chi connectivity index (χ3n) is 3.85. The van der Waals surface area contributed by atoms with Crippen LogP contribution >= 0.6 is 0 Å². The van der Waals surface area contributed by atoms with Gasteiger partial charge >= 0.3 is 0 Å². The van der Waals surface area contributed by atoms with E-state index in [1.54, 1.807) is 0 Å². The quantitative estimate of drug-likeness (QED) is 0.717. The van der Waals surface area contributed by atoms with E-state index < -0.39 is 0 Å². The largest absolute Gasteiger partial charge is 0.327 e. The molecule has 0 saturated heterocycles. The van der Waals surface area contributed by atoms with Crippen LogP contribution in [-0.2, 0) is 0 Å². The number of rotatable bonds is 2. The zero-order valence-corrected chi connectivity index (χ0v) is 9.97. The molecule has 0 aromatic carbocycles. The van der Waals surface area contributed by atoms with E-state index in [9.17, 15) is 0 Å². The minimum atomic E-state index is 0.466. The molecule has 1 aliphatic carbocycles. The zero-order chi connectivity index (χ0) is 10.4. The predicted octanol–water partition coefficient (Wildman–Crippen LogP) is 3.72. The molecule has 0 spiro atoms. The smallest absolute Gasteiger partial charge is 0.00929 e. The SMILES string of the molecule is CCCC1CCCCCCC(C)C1N. The summed E-state index contributed by atoms with van der Waals surface area (Å²) < 4.78 is 0. The lowest BCUT2D eigenvalue weighted by Crippen LogP contribution is -2.36. The molecule has 0 aliphatic heterocycles. The highest BCUT2D eigenvalue weighted by Crippen LogP contribution is 2.27. The molecule has 84 valence electrons. The van der Waals surface area contributed by atoms with Crippen LogP contribution in [0.15, 0.2) is 0 Å². The van der Waals surface area contributed by atoms with Crippen molar-refractivity contribution < 1.29 is 0 Å². The summed E-state index contributed by atoms with van der Waals surface area (Å²) in [6, 6.07) is 0.466. The van der Waals surface area contributed by atoms with Crippen molar-refractivity contribution >= 4 is 0 Å². The molecular weight excluding hydrogens is 170 g/mol. The lowest BCUT2D eigenvalue weighted by atomic mass is 9.83. The molecular formula is C13H27N. The minimum absolute atomic E-state index is 0.466. The van der Waals surface area contributed by atoms with Gasteiger partial charge in [0.05, 0.1) is 0 Å². The Morgan fingerprint density at radius 1 is 1.07 bits per heavy atom. The van der Waals surface area contributed by atoms with Crippen molar-refractivity contribution in [3.05, 3.63) is 0 Å². The van der Waals surface area contributed by atoms with Gasteiger partial charge in [0.15, 0.2) is 0 Å². The summed E-state index contributed by atoms with van der Waals surface area (Å²) in [4.78, 5) is 0. The van der Waals surface area contributed by atoms with Gasteiger partial charge in [-0.1, -0.05) is 46.0 Å². The molecule has 3 unspecified atom stereocenters. The lowest BCUT2D eigenvalue weighted by molar-refractivity contribution is 0.283. The predicted molar refractivity (Wildman–Crippen MR) is 63.2 cm³/mol. The molecule has 0 aromatic rings. The van der Waals surface area contributed by atoms with E-state index in [0.29, 0.717) is 6.04 Å². The van der Waals surface area contributed by atoms with Crippen molar-refractivity contribution in [3.63, 3.8) is 0 Å². The molecule has 1 aliphatic rings. The van der Waals surface area contributed by atoms with Gasteiger partial charge in [0.2, 0.25) is 0 Å². The average Bonchev–Trinajstić information content (AvgIpc) is 2.25. The van der Waals surface area contributed by atoms with E-state index in [-0.39, 0.29) is 0 Å². The third-order valence-corrected chi connectivity index (χ3v) is 3.85. The maximum absolute atomic E-state index is 6.35. The van der Waals surface area contributed by atoms with Gasteiger partial charge < -0.3 is 5.73 Å².